The molecule has 1 saturated carbocycles. The molecule has 2 amide bonds. The monoisotopic (exact) mass is 335 g/mol. The maximum atomic E-state index is 13.6. The van der Waals surface area contributed by atoms with Crippen LogP contribution in [-0.4, -0.2) is 35.1 Å². The Labute approximate surface area is 140 Å². The number of hydrogen-bond acceptors (Lipinski definition) is 2. The molecule has 1 aliphatic carbocycles. The van der Waals surface area contributed by atoms with E-state index >= 15 is 0 Å². The number of fused-ring (bicyclic) bond motifs is 2. The van der Waals surface area contributed by atoms with E-state index in [1.807, 2.05) is 0 Å². The van der Waals surface area contributed by atoms with Crippen LogP contribution in [-0.2, 0) is 0 Å². The summed E-state index contributed by atoms with van der Waals surface area (Å²) in [6.45, 7) is 0. The third-order valence-corrected chi connectivity index (χ3v) is 5.51. The lowest BCUT2D eigenvalue weighted by Gasteiger charge is -2.49. The Balaban J connectivity index is 1.36. The topological polar surface area (TPSA) is 44.4 Å². The van der Waals surface area contributed by atoms with Gasteiger partial charge in [-0.15, -0.1) is 0 Å². The molecule has 1 aromatic rings. The largest absolute Gasteiger partial charge is 0.335 e. The second-order valence-electron chi connectivity index (χ2n) is 7.31. The van der Waals surface area contributed by atoms with Gasteiger partial charge in [0, 0.05) is 30.2 Å². The Kier molecular flexibility index (Phi) is 4.16. The first kappa shape index (κ1) is 15.8. The fourth-order valence-electron chi connectivity index (χ4n) is 4.44. The van der Waals surface area contributed by atoms with E-state index in [4.69, 9.17) is 0 Å². The number of anilines is 1. The van der Waals surface area contributed by atoms with Crippen molar-refractivity contribution >= 4 is 11.7 Å². The van der Waals surface area contributed by atoms with Gasteiger partial charge in [-0.05, 0) is 50.7 Å². The van der Waals surface area contributed by atoms with E-state index in [1.165, 1.54) is 38.2 Å². The highest BCUT2D eigenvalue weighted by atomic mass is 19.1. The highest BCUT2D eigenvalue weighted by molar-refractivity contribution is 5.89. The number of halogens is 2. The van der Waals surface area contributed by atoms with E-state index in [-0.39, 0.29) is 11.7 Å². The molecule has 0 unspecified atom stereocenters. The number of piperidine rings is 2. The molecule has 6 heteroatoms. The molecule has 2 aliphatic heterocycles. The van der Waals surface area contributed by atoms with Gasteiger partial charge in [-0.25, -0.2) is 13.6 Å². The van der Waals surface area contributed by atoms with E-state index in [2.05, 4.69) is 15.5 Å². The highest BCUT2D eigenvalue weighted by Crippen LogP contribution is 2.41. The fourth-order valence-corrected chi connectivity index (χ4v) is 4.44. The summed E-state index contributed by atoms with van der Waals surface area (Å²) >= 11 is 0. The molecule has 2 saturated heterocycles. The van der Waals surface area contributed by atoms with Crippen molar-refractivity contribution in [2.24, 2.45) is 0 Å². The van der Waals surface area contributed by atoms with Crippen molar-refractivity contribution in [3.63, 3.8) is 0 Å². The maximum absolute atomic E-state index is 13.6. The molecular weight excluding hydrogens is 312 g/mol. The van der Waals surface area contributed by atoms with Crippen LogP contribution in [0.4, 0.5) is 19.3 Å². The molecule has 3 fully saturated rings. The van der Waals surface area contributed by atoms with Crippen LogP contribution >= 0.6 is 0 Å². The van der Waals surface area contributed by atoms with Gasteiger partial charge in [0.25, 0.3) is 0 Å². The van der Waals surface area contributed by atoms with Crippen LogP contribution in [0.15, 0.2) is 18.2 Å². The molecule has 4 nitrogen and oxygen atoms in total. The fraction of sp³-hybridized carbons (Fsp3) is 0.611. The summed E-state index contributed by atoms with van der Waals surface area (Å²) in [4.78, 5) is 14.9. The van der Waals surface area contributed by atoms with Crippen LogP contribution in [0.3, 0.4) is 0 Å². The lowest BCUT2D eigenvalue weighted by molar-refractivity contribution is 0.0198. The summed E-state index contributed by atoms with van der Waals surface area (Å²) in [5.41, 5.74) is 0.00418. The van der Waals surface area contributed by atoms with Crippen molar-refractivity contribution in [2.45, 2.75) is 69.1 Å². The Bertz CT molecular complexity index is 621. The molecule has 0 aromatic heterocycles. The Morgan fingerprint density at radius 2 is 1.75 bits per heavy atom. The van der Waals surface area contributed by atoms with Crippen molar-refractivity contribution in [2.75, 3.05) is 5.32 Å². The minimum atomic E-state index is -0.759. The highest BCUT2D eigenvalue weighted by Gasteiger charge is 2.45. The van der Waals surface area contributed by atoms with Gasteiger partial charge < -0.3 is 10.6 Å². The molecule has 3 aliphatic rings. The third-order valence-electron chi connectivity index (χ3n) is 5.51. The molecule has 2 bridgehead atoms. The van der Waals surface area contributed by atoms with Crippen LogP contribution < -0.4 is 10.6 Å². The number of benzene rings is 1. The zero-order chi connectivity index (χ0) is 16.7. The van der Waals surface area contributed by atoms with Crippen molar-refractivity contribution in [3.8, 4) is 0 Å². The second-order valence-corrected chi connectivity index (χ2v) is 7.31. The average Bonchev–Trinajstić information content (AvgIpc) is 3.34. The summed E-state index contributed by atoms with van der Waals surface area (Å²) in [5, 5.41) is 5.47. The molecule has 0 radical (unpaired) electrons. The second kappa shape index (κ2) is 6.31. The van der Waals surface area contributed by atoms with Gasteiger partial charge in [-0.1, -0.05) is 6.42 Å². The van der Waals surface area contributed by atoms with Crippen LogP contribution in [0.2, 0.25) is 0 Å². The SMILES string of the molecule is O=C(Nc1ccc(F)cc1F)NC1C[C@H]2CCC[C@H](C1)N2C1CC1. The zero-order valence-corrected chi connectivity index (χ0v) is 13.6. The Morgan fingerprint density at radius 1 is 1.04 bits per heavy atom. The third kappa shape index (κ3) is 3.24. The molecule has 24 heavy (non-hydrogen) atoms. The summed E-state index contributed by atoms with van der Waals surface area (Å²) in [6, 6.07) is 4.77. The average molecular weight is 335 g/mol. The lowest BCUT2D eigenvalue weighted by Crippen LogP contribution is -2.58. The van der Waals surface area contributed by atoms with E-state index in [1.54, 1.807) is 0 Å². The predicted molar refractivity (Wildman–Crippen MR) is 87.8 cm³/mol. The summed E-state index contributed by atoms with van der Waals surface area (Å²) in [6.07, 6.45) is 8.25. The quantitative estimate of drug-likeness (QED) is 0.886. The smallest absolute Gasteiger partial charge is 0.319 e. The van der Waals surface area contributed by atoms with Gasteiger partial charge in [0.2, 0.25) is 0 Å². The first-order chi connectivity index (χ1) is 11.6. The molecule has 0 spiro atoms. The van der Waals surface area contributed by atoms with Gasteiger partial charge in [0.1, 0.15) is 11.6 Å². The normalized spacial score (nSPS) is 30.0. The summed E-state index contributed by atoms with van der Waals surface area (Å²) < 4.78 is 26.6. The van der Waals surface area contributed by atoms with E-state index in [9.17, 15) is 13.6 Å². The van der Waals surface area contributed by atoms with Crippen molar-refractivity contribution in [1.82, 2.24) is 10.2 Å². The van der Waals surface area contributed by atoms with Gasteiger partial charge >= 0.3 is 6.03 Å². The molecule has 130 valence electrons. The van der Waals surface area contributed by atoms with E-state index < -0.39 is 17.7 Å². The lowest BCUT2D eigenvalue weighted by atomic mass is 9.81. The zero-order valence-electron chi connectivity index (χ0n) is 13.6. The van der Waals surface area contributed by atoms with Gasteiger partial charge in [0.15, 0.2) is 0 Å². The first-order valence-corrected chi connectivity index (χ1v) is 8.90. The number of nitrogens with one attached hydrogen (secondary N) is 2. The van der Waals surface area contributed by atoms with Gasteiger partial charge in [-0.2, -0.15) is 0 Å². The predicted octanol–water partition coefficient (Wildman–Crippen LogP) is 3.63. The Morgan fingerprint density at radius 3 is 2.38 bits per heavy atom. The summed E-state index contributed by atoms with van der Waals surface area (Å²) in [5.74, 6) is -1.41. The number of carbonyl (C=O) groups is 1. The van der Waals surface area contributed by atoms with Crippen LogP contribution in [0.1, 0.15) is 44.9 Å². The van der Waals surface area contributed by atoms with Crippen molar-refractivity contribution in [1.29, 1.82) is 0 Å². The van der Waals surface area contributed by atoms with Crippen molar-refractivity contribution < 1.29 is 13.6 Å². The maximum Gasteiger partial charge on any atom is 0.319 e. The summed E-state index contributed by atoms with van der Waals surface area (Å²) in [7, 11) is 0. The minimum Gasteiger partial charge on any atom is -0.335 e. The first-order valence-electron chi connectivity index (χ1n) is 8.90. The molecule has 1 aromatic carbocycles. The Hall–Kier alpha value is -1.69. The van der Waals surface area contributed by atoms with Crippen LogP contribution in [0.5, 0.6) is 0 Å². The molecule has 2 heterocycles. The van der Waals surface area contributed by atoms with Gasteiger partial charge in [-0.3, -0.25) is 4.90 Å². The molecule has 4 rings (SSSR count). The van der Waals surface area contributed by atoms with E-state index in [0.29, 0.717) is 12.1 Å². The number of carbonyl (C=O) groups excluding carboxylic acids is 1. The number of hydrogen-bond donors (Lipinski definition) is 2. The standard InChI is InChI=1S/C18H23F2N3O/c19-11-4-7-17(16(20)8-11)22-18(24)21-12-9-14-2-1-3-15(10-12)23(14)13-5-6-13/h4,7-8,12-15H,1-3,5-6,9-10H2,(H2,21,22,24)/t14-,15-/m1/s1. The van der Waals surface area contributed by atoms with Gasteiger partial charge in [0.05, 0.1) is 5.69 Å². The van der Waals surface area contributed by atoms with E-state index in [0.717, 1.165) is 31.0 Å². The molecule has 2 N–H and O–H groups in total. The van der Waals surface area contributed by atoms with Crippen LogP contribution in [0, 0.1) is 11.6 Å². The molecule has 2 atom stereocenters. The van der Waals surface area contributed by atoms with Crippen LogP contribution in [0.25, 0.3) is 0 Å². The minimum absolute atomic E-state index is 0.00418. The number of amides is 2. The molecular formula is C18H23F2N3O. The number of nitrogens with zero attached hydrogens (tertiary/aromatic N) is 1. The number of urea groups is 1. The number of rotatable bonds is 3. The van der Waals surface area contributed by atoms with Crippen molar-refractivity contribution in [3.05, 3.63) is 29.8 Å².